The number of hydrogen-bond acceptors (Lipinski definition) is 3. The summed E-state index contributed by atoms with van der Waals surface area (Å²) in [5, 5.41) is 0.602. The third-order valence-electron chi connectivity index (χ3n) is 2.28. The molecule has 5 heteroatoms. The molecule has 0 amide bonds. The highest BCUT2D eigenvalue weighted by atomic mass is 35.5. The van der Waals surface area contributed by atoms with Crippen LogP contribution in [0.2, 0.25) is 5.02 Å². The van der Waals surface area contributed by atoms with Gasteiger partial charge >= 0.3 is 5.97 Å². The molecule has 18 heavy (non-hydrogen) atoms. The Labute approximate surface area is 108 Å². The summed E-state index contributed by atoms with van der Waals surface area (Å²) < 4.78 is 18.2. The molecule has 0 bridgehead atoms. The van der Waals surface area contributed by atoms with E-state index >= 15 is 0 Å². The predicted octanol–water partition coefficient (Wildman–Crippen LogP) is 3.23. The van der Waals surface area contributed by atoms with Gasteiger partial charge in [0.15, 0.2) is 5.82 Å². The first-order valence-corrected chi connectivity index (χ1v) is 5.55. The Bertz CT molecular complexity index is 557. The lowest BCUT2D eigenvalue weighted by molar-refractivity contribution is 0.0467. The lowest BCUT2D eigenvalue weighted by atomic mass is 10.2. The fraction of sp³-hybridized carbons (Fsp3) is 0.0769. The molecule has 0 saturated carbocycles. The first-order valence-electron chi connectivity index (χ1n) is 5.18. The van der Waals surface area contributed by atoms with Crippen molar-refractivity contribution in [1.82, 2.24) is 4.98 Å². The molecule has 1 aromatic heterocycles. The molecule has 0 fully saturated rings. The summed E-state index contributed by atoms with van der Waals surface area (Å²) >= 11 is 5.73. The Morgan fingerprint density at radius 2 is 2.00 bits per heavy atom. The van der Waals surface area contributed by atoms with E-state index in [2.05, 4.69) is 4.98 Å². The number of ether oxygens (including phenoxy) is 1. The fourth-order valence-electron chi connectivity index (χ4n) is 1.35. The number of halogens is 2. The van der Waals surface area contributed by atoms with E-state index < -0.39 is 11.8 Å². The summed E-state index contributed by atoms with van der Waals surface area (Å²) in [6, 6.07) is 8.13. The lowest BCUT2D eigenvalue weighted by Gasteiger charge is -2.05. The zero-order valence-corrected chi connectivity index (χ0v) is 10.0. The molecule has 2 aromatic rings. The molecule has 3 nitrogen and oxygen atoms in total. The van der Waals surface area contributed by atoms with Crippen LogP contribution in [0.1, 0.15) is 15.9 Å². The van der Waals surface area contributed by atoms with Crippen molar-refractivity contribution in [2.24, 2.45) is 0 Å². The van der Waals surface area contributed by atoms with Gasteiger partial charge in [-0.2, -0.15) is 0 Å². The van der Waals surface area contributed by atoms with Gasteiger partial charge in [-0.15, -0.1) is 0 Å². The van der Waals surface area contributed by atoms with Gasteiger partial charge in [-0.3, -0.25) is 4.98 Å². The minimum Gasteiger partial charge on any atom is -0.457 e. The number of rotatable bonds is 3. The zero-order valence-electron chi connectivity index (χ0n) is 9.27. The van der Waals surface area contributed by atoms with E-state index in [0.29, 0.717) is 5.02 Å². The number of aromatic nitrogens is 1. The molecule has 0 aliphatic heterocycles. The Morgan fingerprint density at radius 1 is 1.28 bits per heavy atom. The summed E-state index contributed by atoms with van der Waals surface area (Å²) in [5.41, 5.74) is 0.654. The van der Waals surface area contributed by atoms with E-state index in [4.69, 9.17) is 16.3 Å². The summed E-state index contributed by atoms with van der Waals surface area (Å²) in [5.74, 6) is -1.41. The lowest BCUT2D eigenvalue weighted by Crippen LogP contribution is -2.07. The molecule has 0 aliphatic carbocycles. The zero-order chi connectivity index (χ0) is 13.0. The first kappa shape index (κ1) is 12.5. The van der Waals surface area contributed by atoms with Gasteiger partial charge in [-0.1, -0.05) is 23.7 Å². The third kappa shape index (κ3) is 3.05. The van der Waals surface area contributed by atoms with Crippen LogP contribution in [-0.4, -0.2) is 11.0 Å². The van der Waals surface area contributed by atoms with Crippen LogP contribution in [0, 0.1) is 5.82 Å². The van der Waals surface area contributed by atoms with Gasteiger partial charge < -0.3 is 4.74 Å². The number of nitrogens with zero attached hydrogens (tertiary/aromatic N) is 1. The summed E-state index contributed by atoms with van der Waals surface area (Å²) in [4.78, 5) is 15.1. The largest absolute Gasteiger partial charge is 0.457 e. The van der Waals surface area contributed by atoms with Crippen molar-refractivity contribution in [1.29, 1.82) is 0 Å². The van der Waals surface area contributed by atoms with Gasteiger partial charge in [-0.25, -0.2) is 9.18 Å². The van der Waals surface area contributed by atoms with Gasteiger partial charge in [0.1, 0.15) is 6.61 Å². The third-order valence-corrected chi connectivity index (χ3v) is 2.53. The number of carbonyl (C=O) groups excluding carboxylic acids is 1. The van der Waals surface area contributed by atoms with E-state index in [9.17, 15) is 9.18 Å². The molecule has 0 N–H and O–H groups in total. The highest BCUT2D eigenvalue weighted by molar-refractivity contribution is 6.30. The number of benzene rings is 1. The first-order chi connectivity index (χ1) is 8.66. The molecule has 0 atom stereocenters. The summed E-state index contributed by atoms with van der Waals surface area (Å²) in [6.45, 7) is 0.0672. The van der Waals surface area contributed by atoms with Gasteiger partial charge in [0.05, 0.1) is 11.8 Å². The van der Waals surface area contributed by atoms with Crippen molar-refractivity contribution in [3.8, 4) is 0 Å². The van der Waals surface area contributed by atoms with Gasteiger partial charge in [0, 0.05) is 11.2 Å². The Hall–Kier alpha value is -1.94. The maximum Gasteiger partial charge on any atom is 0.341 e. The number of hydrogen-bond donors (Lipinski definition) is 0. The van der Waals surface area contributed by atoms with Crippen LogP contribution in [0.5, 0.6) is 0 Å². The second kappa shape index (κ2) is 5.60. The molecule has 92 valence electrons. The van der Waals surface area contributed by atoms with E-state index in [1.54, 1.807) is 24.3 Å². The number of carbonyl (C=O) groups is 1. The molecule has 0 unspecified atom stereocenters. The van der Waals surface area contributed by atoms with Crippen LogP contribution in [0.15, 0.2) is 42.7 Å². The van der Waals surface area contributed by atoms with Crippen molar-refractivity contribution in [3.05, 3.63) is 64.7 Å². The summed E-state index contributed by atoms with van der Waals surface area (Å²) in [6.07, 6.45) is 2.31. The molecule has 0 spiro atoms. The maximum absolute atomic E-state index is 13.2. The van der Waals surface area contributed by atoms with E-state index in [1.807, 2.05) is 0 Å². The monoisotopic (exact) mass is 265 g/mol. The van der Waals surface area contributed by atoms with Crippen molar-refractivity contribution in [3.63, 3.8) is 0 Å². The van der Waals surface area contributed by atoms with Crippen molar-refractivity contribution in [2.75, 3.05) is 0 Å². The van der Waals surface area contributed by atoms with Crippen LogP contribution in [0.25, 0.3) is 0 Å². The maximum atomic E-state index is 13.2. The molecule has 0 aliphatic rings. The van der Waals surface area contributed by atoms with Gasteiger partial charge in [-0.05, 0) is 23.8 Å². The SMILES string of the molecule is O=C(OCc1ccc(Cl)cc1)c1ccncc1F. The fourth-order valence-corrected chi connectivity index (χ4v) is 1.47. The minimum atomic E-state index is -0.718. The number of pyridine rings is 1. The average molecular weight is 266 g/mol. The Balaban J connectivity index is 2.01. The van der Waals surface area contributed by atoms with Crippen LogP contribution in [0.3, 0.4) is 0 Å². The molecule has 1 heterocycles. The number of esters is 1. The standard InChI is InChI=1S/C13H9ClFNO2/c14-10-3-1-9(2-4-10)8-18-13(17)11-5-6-16-7-12(11)15/h1-7H,8H2. The van der Waals surface area contributed by atoms with Gasteiger partial charge in [0.2, 0.25) is 0 Å². The molecular formula is C13H9ClFNO2. The van der Waals surface area contributed by atoms with Crippen molar-refractivity contribution in [2.45, 2.75) is 6.61 Å². The van der Waals surface area contributed by atoms with Crippen LogP contribution in [-0.2, 0) is 11.3 Å². The highest BCUT2D eigenvalue weighted by Gasteiger charge is 2.12. The van der Waals surface area contributed by atoms with Crippen molar-refractivity contribution >= 4 is 17.6 Å². The van der Waals surface area contributed by atoms with Crippen LogP contribution < -0.4 is 0 Å². The normalized spacial score (nSPS) is 10.1. The predicted molar refractivity (Wildman–Crippen MR) is 64.8 cm³/mol. The minimum absolute atomic E-state index is 0.0672. The summed E-state index contributed by atoms with van der Waals surface area (Å²) in [7, 11) is 0. The molecule has 1 aromatic carbocycles. The van der Waals surface area contributed by atoms with Crippen LogP contribution in [0.4, 0.5) is 4.39 Å². The van der Waals surface area contributed by atoms with E-state index in [0.717, 1.165) is 11.8 Å². The van der Waals surface area contributed by atoms with E-state index in [-0.39, 0.29) is 12.2 Å². The quantitative estimate of drug-likeness (QED) is 0.800. The molecule has 0 radical (unpaired) electrons. The Kier molecular flexibility index (Phi) is 3.89. The highest BCUT2D eigenvalue weighted by Crippen LogP contribution is 2.12. The molecule has 2 rings (SSSR count). The van der Waals surface area contributed by atoms with Crippen LogP contribution >= 0.6 is 11.6 Å². The second-order valence-electron chi connectivity index (χ2n) is 3.56. The van der Waals surface area contributed by atoms with Gasteiger partial charge in [0.25, 0.3) is 0 Å². The van der Waals surface area contributed by atoms with Crippen molar-refractivity contribution < 1.29 is 13.9 Å². The average Bonchev–Trinajstić information content (AvgIpc) is 2.38. The smallest absolute Gasteiger partial charge is 0.341 e. The Morgan fingerprint density at radius 3 is 2.67 bits per heavy atom. The molecular weight excluding hydrogens is 257 g/mol. The van der Waals surface area contributed by atoms with E-state index in [1.165, 1.54) is 12.3 Å². The molecule has 0 saturated heterocycles. The second-order valence-corrected chi connectivity index (χ2v) is 3.99. The topological polar surface area (TPSA) is 39.2 Å².